The largest absolute Gasteiger partial charge is 0.384 e. The molecule has 2 N–H and O–H groups in total. The van der Waals surface area contributed by atoms with Crippen LogP contribution in [0.3, 0.4) is 0 Å². The van der Waals surface area contributed by atoms with Gasteiger partial charge in [-0.25, -0.2) is 9.97 Å². The maximum atomic E-state index is 5.57. The second-order valence-electron chi connectivity index (χ2n) is 3.01. The highest BCUT2D eigenvalue weighted by molar-refractivity contribution is 5.46. The lowest BCUT2D eigenvalue weighted by molar-refractivity contribution is 0.803. The molecule has 0 unspecified atom stereocenters. The molecule has 0 aliphatic carbocycles. The van der Waals surface area contributed by atoms with Gasteiger partial charge in [0.2, 0.25) is 0 Å². The summed E-state index contributed by atoms with van der Waals surface area (Å²) in [5.74, 6) is 1.44. The Morgan fingerprint density at radius 1 is 1.31 bits per heavy atom. The first-order chi connectivity index (χ1) is 6.36. The number of aromatic nitrogens is 2. The normalized spacial score (nSPS) is 16.2. The Hall–Kier alpha value is -1.58. The van der Waals surface area contributed by atoms with Crippen molar-refractivity contribution in [2.75, 3.05) is 23.7 Å². The van der Waals surface area contributed by atoms with Gasteiger partial charge in [-0.15, -0.1) is 0 Å². The molecule has 13 heavy (non-hydrogen) atoms. The zero-order chi connectivity index (χ0) is 9.10. The van der Waals surface area contributed by atoms with Crippen molar-refractivity contribution >= 4 is 11.6 Å². The summed E-state index contributed by atoms with van der Waals surface area (Å²) in [7, 11) is 0. The fourth-order valence-electron chi connectivity index (χ4n) is 1.38. The van der Waals surface area contributed by atoms with Gasteiger partial charge in [-0.2, -0.15) is 0 Å². The smallest absolute Gasteiger partial charge is 0.134 e. The molecule has 0 radical (unpaired) electrons. The van der Waals surface area contributed by atoms with Gasteiger partial charge >= 0.3 is 0 Å². The topological polar surface area (TPSA) is 55.0 Å². The van der Waals surface area contributed by atoms with Gasteiger partial charge in [0, 0.05) is 19.2 Å². The lowest BCUT2D eigenvalue weighted by Crippen LogP contribution is -2.27. The van der Waals surface area contributed by atoms with Gasteiger partial charge in [0.25, 0.3) is 0 Å². The van der Waals surface area contributed by atoms with Gasteiger partial charge in [-0.1, -0.05) is 12.2 Å². The summed E-state index contributed by atoms with van der Waals surface area (Å²) in [4.78, 5) is 10.2. The van der Waals surface area contributed by atoms with E-state index in [4.69, 9.17) is 5.73 Å². The monoisotopic (exact) mass is 176 g/mol. The predicted molar refractivity (Wildman–Crippen MR) is 52.4 cm³/mol. The molecule has 0 aromatic carbocycles. The van der Waals surface area contributed by atoms with Gasteiger partial charge in [-0.05, 0) is 6.42 Å². The first-order valence-electron chi connectivity index (χ1n) is 4.34. The van der Waals surface area contributed by atoms with E-state index < -0.39 is 0 Å². The maximum Gasteiger partial charge on any atom is 0.134 e. The average molecular weight is 176 g/mol. The van der Waals surface area contributed by atoms with E-state index in [1.54, 1.807) is 6.07 Å². The second-order valence-corrected chi connectivity index (χ2v) is 3.01. The lowest BCUT2D eigenvalue weighted by atomic mass is 10.2. The quantitative estimate of drug-likeness (QED) is 0.644. The highest BCUT2D eigenvalue weighted by Gasteiger charge is 2.08. The molecule has 1 aliphatic rings. The molecule has 4 heteroatoms. The van der Waals surface area contributed by atoms with E-state index in [9.17, 15) is 0 Å². The number of nitrogens with zero attached hydrogens (tertiary/aromatic N) is 3. The third-order valence-corrected chi connectivity index (χ3v) is 2.06. The summed E-state index contributed by atoms with van der Waals surface area (Å²) in [5, 5.41) is 0. The number of rotatable bonds is 1. The minimum absolute atomic E-state index is 0.527. The van der Waals surface area contributed by atoms with Crippen LogP contribution in [0.15, 0.2) is 24.5 Å². The van der Waals surface area contributed by atoms with E-state index in [0.717, 1.165) is 25.3 Å². The molecule has 0 spiro atoms. The number of nitrogen functional groups attached to an aromatic ring is 1. The molecule has 1 aromatic rings. The average Bonchev–Trinajstić information content (AvgIpc) is 2.19. The van der Waals surface area contributed by atoms with Crippen LogP contribution in [0.2, 0.25) is 0 Å². The summed E-state index contributed by atoms with van der Waals surface area (Å²) in [5.41, 5.74) is 5.57. The van der Waals surface area contributed by atoms with Crippen molar-refractivity contribution in [3.63, 3.8) is 0 Å². The van der Waals surface area contributed by atoms with Gasteiger partial charge in [-0.3, -0.25) is 0 Å². The molecule has 0 saturated heterocycles. The maximum absolute atomic E-state index is 5.57. The molecule has 2 rings (SSSR count). The van der Waals surface area contributed by atoms with Crippen LogP contribution in [-0.2, 0) is 0 Å². The Balaban J connectivity index is 2.20. The summed E-state index contributed by atoms with van der Waals surface area (Å²) in [6.45, 7) is 1.92. The van der Waals surface area contributed by atoms with Crippen molar-refractivity contribution in [2.45, 2.75) is 6.42 Å². The van der Waals surface area contributed by atoms with Gasteiger partial charge in [0.15, 0.2) is 0 Å². The van der Waals surface area contributed by atoms with Crippen LogP contribution < -0.4 is 10.6 Å². The van der Waals surface area contributed by atoms with Crippen molar-refractivity contribution in [1.82, 2.24) is 9.97 Å². The van der Waals surface area contributed by atoms with Crippen LogP contribution in [0.5, 0.6) is 0 Å². The summed E-state index contributed by atoms with van der Waals surface area (Å²) < 4.78 is 0. The minimum Gasteiger partial charge on any atom is -0.384 e. The van der Waals surface area contributed by atoms with Crippen molar-refractivity contribution in [3.8, 4) is 0 Å². The second kappa shape index (κ2) is 3.43. The Kier molecular flexibility index (Phi) is 2.12. The molecular weight excluding hydrogens is 164 g/mol. The van der Waals surface area contributed by atoms with E-state index in [-0.39, 0.29) is 0 Å². The van der Waals surface area contributed by atoms with Crippen molar-refractivity contribution in [3.05, 3.63) is 24.5 Å². The van der Waals surface area contributed by atoms with E-state index in [1.807, 2.05) is 0 Å². The summed E-state index contributed by atoms with van der Waals surface area (Å²) in [6.07, 6.45) is 6.90. The molecule has 0 atom stereocenters. The predicted octanol–water partition coefficient (Wildman–Crippen LogP) is 0.825. The van der Waals surface area contributed by atoms with Crippen molar-refractivity contribution in [1.29, 1.82) is 0 Å². The summed E-state index contributed by atoms with van der Waals surface area (Å²) in [6, 6.07) is 1.80. The molecule has 0 fully saturated rings. The first kappa shape index (κ1) is 8.04. The van der Waals surface area contributed by atoms with Gasteiger partial charge in [0.05, 0.1) is 0 Å². The SMILES string of the molecule is Nc1cc(N2CC=CCC2)ncn1. The zero-order valence-electron chi connectivity index (χ0n) is 7.35. The molecular formula is C9H12N4. The number of hydrogen-bond donors (Lipinski definition) is 1. The molecule has 0 saturated carbocycles. The van der Waals surface area contributed by atoms with Gasteiger partial charge in [0.1, 0.15) is 18.0 Å². The number of hydrogen-bond acceptors (Lipinski definition) is 4. The third-order valence-electron chi connectivity index (χ3n) is 2.06. The third kappa shape index (κ3) is 1.77. The van der Waals surface area contributed by atoms with Crippen LogP contribution in [-0.4, -0.2) is 23.1 Å². The molecule has 0 bridgehead atoms. The Labute approximate surface area is 77.1 Å². The van der Waals surface area contributed by atoms with Crippen LogP contribution in [0.1, 0.15) is 6.42 Å². The van der Waals surface area contributed by atoms with Crippen LogP contribution >= 0.6 is 0 Å². The first-order valence-corrected chi connectivity index (χ1v) is 4.34. The van der Waals surface area contributed by atoms with E-state index in [2.05, 4.69) is 27.0 Å². The Morgan fingerprint density at radius 3 is 2.92 bits per heavy atom. The molecule has 1 aromatic heterocycles. The Morgan fingerprint density at radius 2 is 2.23 bits per heavy atom. The van der Waals surface area contributed by atoms with E-state index in [0.29, 0.717) is 5.82 Å². The van der Waals surface area contributed by atoms with E-state index in [1.165, 1.54) is 6.33 Å². The molecule has 1 aliphatic heterocycles. The molecule has 4 nitrogen and oxygen atoms in total. The van der Waals surface area contributed by atoms with Crippen molar-refractivity contribution in [2.24, 2.45) is 0 Å². The Bertz CT molecular complexity index is 321. The van der Waals surface area contributed by atoms with Crippen LogP contribution in [0, 0.1) is 0 Å². The standard InChI is InChI=1S/C9H12N4/c10-8-6-9(12-7-11-8)13-4-2-1-3-5-13/h1-2,6-7H,3-5H2,(H2,10,11,12). The highest BCUT2D eigenvalue weighted by atomic mass is 15.2. The van der Waals surface area contributed by atoms with Crippen LogP contribution in [0.25, 0.3) is 0 Å². The highest BCUT2D eigenvalue weighted by Crippen LogP contribution is 2.14. The van der Waals surface area contributed by atoms with Gasteiger partial charge < -0.3 is 10.6 Å². The lowest BCUT2D eigenvalue weighted by Gasteiger charge is -2.24. The fourth-order valence-corrected chi connectivity index (χ4v) is 1.38. The number of anilines is 2. The van der Waals surface area contributed by atoms with Crippen molar-refractivity contribution < 1.29 is 0 Å². The minimum atomic E-state index is 0.527. The zero-order valence-corrected chi connectivity index (χ0v) is 7.35. The number of nitrogens with two attached hydrogens (primary N) is 1. The molecule has 2 heterocycles. The molecule has 68 valence electrons. The van der Waals surface area contributed by atoms with E-state index >= 15 is 0 Å². The van der Waals surface area contributed by atoms with Crippen LogP contribution in [0.4, 0.5) is 11.6 Å². The fraction of sp³-hybridized carbons (Fsp3) is 0.333. The molecule has 0 amide bonds. The summed E-state index contributed by atoms with van der Waals surface area (Å²) >= 11 is 0.